The lowest BCUT2D eigenvalue weighted by Crippen LogP contribution is -2.40. The van der Waals surface area contributed by atoms with Gasteiger partial charge in [-0.1, -0.05) is 0 Å². The number of nitro benzene ring substituents is 1. The summed E-state index contributed by atoms with van der Waals surface area (Å²) >= 11 is 4.25. The van der Waals surface area contributed by atoms with E-state index in [1.807, 2.05) is 0 Å². The van der Waals surface area contributed by atoms with Gasteiger partial charge in [-0.25, -0.2) is 0 Å². The van der Waals surface area contributed by atoms with Crippen molar-refractivity contribution in [2.75, 3.05) is 26.7 Å². The molecule has 36 heavy (non-hydrogen) atoms. The van der Waals surface area contributed by atoms with Crippen molar-refractivity contribution in [1.29, 1.82) is 0 Å². The Morgan fingerprint density at radius 3 is 2.53 bits per heavy atom. The Bertz CT molecular complexity index is 1240. The number of imide groups is 1. The summed E-state index contributed by atoms with van der Waals surface area (Å²) in [6.07, 6.45) is 3.42. The Hall–Kier alpha value is -3.38. The number of hydrogen-bond acceptors (Lipinski definition) is 8. The van der Waals surface area contributed by atoms with Crippen molar-refractivity contribution < 1.29 is 28.8 Å². The van der Waals surface area contributed by atoms with Crippen LogP contribution in [0.25, 0.3) is 6.08 Å². The van der Waals surface area contributed by atoms with Crippen LogP contribution in [-0.4, -0.2) is 58.5 Å². The number of rotatable bonds is 8. The number of ether oxygens (including phenoxy) is 2. The van der Waals surface area contributed by atoms with Crippen molar-refractivity contribution >= 4 is 56.5 Å². The summed E-state index contributed by atoms with van der Waals surface area (Å²) in [4.78, 5) is 50.9. The average molecular weight is 576 g/mol. The zero-order valence-corrected chi connectivity index (χ0v) is 21.7. The van der Waals surface area contributed by atoms with E-state index in [1.54, 1.807) is 35.2 Å². The number of likely N-dealkylation sites (tertiary alicyclic amines) is 1. The summed E-state index contributed by atoms with van der Waals surface area (Å²) < 4.78 is 11.9. The van der Waals surface area contributed by atoms with Gasteiger partial charge < -0.3 is 14.4 Å². The van der Waals surface area contributed by atoms with E-state index < -0.39 is 16.1 Å². The molecule has 2 fully saturated rings. The van der Waals surface area contributed by atoms with Crippen molar-refractivity contribution in [3.8, 4) is 11.5 Å². The van der Waals surface area contributed by atoms with Gasteiger partial charge in [-0.05, 0) is 82.0 Å². The van der Waals surface area contributed by atoms with Crippen molar-refractivity contribution in [3.63, 3.8) is 0 Å². The van der Waals surface area contributed by atoms with E-state index in [-0.39, 0.29) is 29.7 Å². The van der Waals surface area contributed by atoms with E-state index >= 15 is 0 Å². The van der Waals surface area contributed by atoms with Gasteiger partial charge in [-0.3, -0.25) is 29.4 Å². The van der Waals surface area contributed by atoms with E-state index in [2.05, 4.69) is 15.9 Å². The molecule has 12 heteroatoms. The Balaban J connectivity index is 1.47. The third-order valence-electron chi connectivity index (χ3n) is 5.71. The molecule has 0 saturated carbocycles. The molecule has 0 atom stereocenters. The molecule has 2 saturated heterocycles. The molecule has 0 aliphatic carbocycles. The molecule has 2 aromatic carbocycles. The van der Waals surface area contributed by atoms with Crippen molar-refractivity contribution in [2.45, 2.75) is 19.4 Å². The molecule has 0 N–H and O–H groups in total. The maximum Gasteiger partial charge on any atom is 0.294 e. The van der Waals surface area contributed by atoms with E-state index in [9.17, 15) is 24.5 Å². The second-order valence-corrected chi connectivity index (χ2v) is 9.95. The number of thioether (sulfide) groups is 1. The molecule has 0 spiro atoms. The maximum atomic E-state index is 12.8. The Kier molecular flexibility index (Phi) is 7.94. The van der Waals surface area contributed by atoms with Crippen molar-refractivity contribution in [3.05, 3.63) is 67.0 Å². The fraction of sp³-hybridized carbons (Fsp3) is 0.292. The van der Waals surface area contributed by atoms with Crippen LogP contribution >= 0.6 is 27.7 Å². The first-order valence-electron chi connectivity index (χ1n) is 11.0. The molecule has 3 amide bonds. The highest BCUT2D eigenvalue weighted by atomic mass is 79.9. The van der Waals surface area contributed by atoms with Gasteiger partial charge in [0.1, 0.15) is 13.2 Å². The average Bonchev–Trinajstić information content (AvgIpc) is 3.48. The quantitative estimate of drug-likeness (QED) is 0.254. The van der Waals surface area contributed by atoms with E-state index in [4.69, 9.17) is 9.47 Å². The first-order chi connectivity index (χ1) is 17.3. The molecule has 188 valence electrons. The van der Waals surface area contributed by atoms with E-state index in [1.165, 1.54) is 19.2 Å². The summed E-state index contributed by atoms with van der Waals surface area (Å²) in [5.74, 6) is 0.0689. The van der Waals surface area contributed by atoms with Gasteiger partial charge in [0.05, 0.1) is 21.4 Å². The summed E-state index contributed by atoms with van der Waals surface area (Å²) in [7, 11) is 1.47. The number of carbonyl (C=O) groups excluding carboxylic acids is 3. The van der Waals surface area contributed by atoms with Crippen LogP contribution in [0.2, 0.25) is 0 Å². The Labute approximate surface area is 219 Å². The molecule has 2 aromatic rings. The number of methoxy groups -OCH3 is 1. The van der Waals surface area contributed by atoms with Crippen LogP contribution < -0.4 is 9.47 Å². The molecule has 2 aliphatic rings. The van der Waals surface area contributed by atoms with Crippen LogP contribution in [0, 0.1) is 10.1 Å². The number of carbonyl (C=O) groups is 3. The van der Waals surface area contributed by atoms with Crippen LogP contribution in [0.1, 0.15) is 24.0 Å². The maximum absolute atomic E-state index is 12.8. The predicted octanol–water partition coefficient (Wildman–Crippen LogP) is 4.60. The summed E-state index contributed by atoms with van der Waals surface area (Å²) in [5.41, 5.74) is 1.32. The predicted molar refractivity (Wildman–Crippen MR) is 137 cm³/mol. The number of hydrogen-bond donors (Lipinski definition) is 0. The zero-order chi connectivity index (χ0) is 25.8. The minimum atomic E-state index is -0.508. The molecule has 4 rings (SSSR count). The van der Waals surface area contributed by atoms with Crippen LogP contribution in [-0.2, 0) is 16.2 Å². The second-order valence-electron chi connectivity index (χ2n) is 8.10. The third kappa shape index (κ3) is 5.71. The summed E-state index contributed by atoms with van der Waals surface area (Å²) in [5, 5.41) is 10.3. The van der Waals surface area contributed by atoms with E-state index in [0.717, 1.165) is 35.1 Å². The Morgan fingerprint density at radius 1 is 1.19 bits per heavy atom. The number of amides is 3. The van der Waals surface area contributed by atoms with Crippen molar-refractivity contribution in [2.24, 2.45) is 0 Å². The number of non-ortho nitro benzene ring substituents is 1. The monoisotopic (exact) mass is 575 g/mol. The number of nitrogens with zero attached hydrogens (tertiary/aromatic N) is 3. The molecular formula is C24H22BrN3O7S. The molecule has 10 nitrogen and oxygen atoms in total. The Morgan fingerprint density at radius 2 is 1.89 bits per heavy atom. The third-order valence-corrected chi connectivity index (χ3v) is 7.20. The van der Waals surface area contributed by atoms with Gasteiger partial charge in [0.25, 0.3) is 16.8 Å². The molecule has 0 bridgehead atoms. The second kappa shape index (κ2) is 11.1. The van der Waals surface area contributed by atoms with Crippen LogP contribution in [0.3, 0.4) is 0 Å². The van der Waals surface area contributed by atoms with Gasteiger partial charge in [0, 0.05) is 25.2 Å². The van der Waals surface area contributed by atoms with Gasteiger partial charge in [-0.2, -0.15) is 0 Å². The van der Waals surface area contributed by atoms with Crippen molar-refractivity contribution in [1.82, 2.24) is 9.80 Å². The molecule has 0 radical (unpaired) electrons. The molecular weight excluding hydrogens is 554 g/mol. The van der Waals surface area contributed by atoms with Gasteiger partial charge in [0.2, 0.25) is 5.91 Å². The zero-order valence-electron chi connectivity index (χ0n) is 19.3. The minimum Gasteiger partial charge on any atom is -0.493 e. The highest BCUT2D eigenvalue weighted by Crippen LogP contribution is 2.39. The fourth-order valence-corrected chi connectivity index (χ4v) is 5.23. The van der Waals surface area contributed by atoms with Gasteiger partial charge >= 0.3 is 0 Å². The smallest absolute Gasteiger partial charge is 0.294 e. The number of halogens is 1. The molecule has 2 aliphatic heterocycles. The highest BCUT2D eigenvalue weighted by Gasteiger charge is 2.37. The first-order valence-corrected chi connectivity index (χ1v) is 12.6. The lowest BCUT2D eigenvalue weighted by atomic mass is 10.1. The number of nitro groups is 1. The van der Waals surface area contributed by atoms with E-state index in [0.29, 0.717) is 34.6 Å². The van der Waals surface area contributed by atoms with Crippen LogP contribution in [0.4, 0.5) is 10.5 Å². The fourth-order valence-electron chi connectivity index (χ4n) is 3.82. The largest absolute Gasteiger partial charge is 0.493 e. The SMILES string of the molecule is COc1cc(/C=C2/SC(=O)N(CC(=O)N3CCCC3)C2=O)cc(Br)c1OCc1ccc([N+](=O)[O-])cc1. The first kappa shape index (κ1) is 25.7. The molecule has 2 heterocycles. The van der Waals surface area contributed by atoms with Crippen LogP contribution in [0.15, 0.2) is 45.8 Å². The summed E-state index contributed by atoms with van der Waals surface area (Å²) in [6.45, 7) is 1.19. The highest BCUT2D eigenvalue weighted by molar-refractivity contribution is 9.10. The molecule has 0 unspecified atom stereocenters. The lowest BCUT2D eigenvalue weighted by Gasteiger charge is -2.18. The van der Waals surface area contributed by atoms with Gasteiger partial charge in [0.15, 0.2) is 11.5 Å². The minimum absolute atomic E-state index is 0.00770. The molecule has 0 aromatic heterocycles. The normalized spacial score (nSPS) is 16.7. The standard InChI is InChI=1S/C24H22BrN3O7S/c1-34-19-11-16(10-18(25)22(19)35-14-15-4-6-17(7-5-15)28(32)33)12-20-23(30)27(24(31)36-20)13-21(29)26-8-2-3-9-26/h4-7,10-12H,2-3,8-9,13-14H2,1H3/b20-12+. The summed E-state index contributed by atoms with van der Waals surface area (Å²) in [6, 6.07) is 9.41. The topological polar surface area (TPSA) is 119 Å². The van der Waals surface area contributed by atoms with Gasteiger partial charge in [-0.15, -0.1) is 0 Å². The number of benzene rings is 2. The lowest BCUT2D eigenvalue weighted by molar-refractivity contribution is -0.384. The van der Waals surface area contributed by atoms with Crippen LogP contribution in [0.5, 0.6) is 11.5 Å².